The second-order valence-corrected chi connectivity index (χ2v) is 15.3. The molecule has 3 N–H and O–H groups in total. The summed E-state index contributed by atoms with van der Waals surface area (Å²) < 4.78 is 49.6. The van der Waals surface area contributed by atoms with E-state index in [2.05, 4.69) is 41.9 Å². The van der Waals surface area contributed by atoms with Crippen molar-refractivity contribution in [2.45, 2.75) is 68.5 Å². The Hall–Kier alpha value is -5.26. The number of benzene rings is 1. The number of carbonyl (C=O) groups is 3. The molecule has 1 saturated heterocycles. The third-order valence-electron chi connectivity index (χ3n) is 9.49. The second-order valence-electron chi connectivity index (χ2n) is 13.4. The number of ether oxygens (including phenoxy) is 4. The Morgan fingerprint density at radius 2 is 1.75 bits per heavy atom. The van der Waals surface area contributed by atoms with Gasteiger partial charge in [0.1, 0.15) is 29.5 Å². The molecule has 3 heterocycles. The summed E-state index contributed by atoms with van der Waals surface area (Å²) in [5, 5.41) is 6.72. The largest absolute Gasteiger partial charge is 0.497 e. The fourth-order valence-corrected chi connectivity index (χ4v) is 7.68. The van der Waals surface area contributed by atoms with Crippen LogP contribution in [0.15, 0.2) is 43.1 Å². The fraction of sp³-hybridized carbons (Fsp3) is 0.500. The van der Waals surface area contributed by atoms with Gasteiger partial charge in [-0.2, -0.15) is 9.97 Å². The number of likely N-dealkylation sites (tertiary alicyclic amines) is 1. The van der Waals surface area contributed by atoms with Crippen LogP contribution in [-0.4, -0.2) is 108 Å². The van der Waals surface area contributed by atoms with Gasteiger partial charge in [-0.1, -0.05) is 19.9 Å². The average Bonchev–Trinajstić information content (AvgIpc) is 4.06. The van der Waals surface area contributed by atoms with Crippen LogP contribution in [0.3, 0.4) is 0 Å². The molecule has 1 aliphatic heterocycles. The number of pyridine rings is 1. The van der Waals surface area contributed by atoms with E-state index < -0.39 is 62.6 Å². The summed E-state index contributed by atoms with van der Waals surface area (Å²) in [7, 11) is 0.434. The van der Waals surface area contributed by atoms with Crippen LogP contribution in [0.2, 0.25) is 0 Å². The van der Waals surface area contributed by atoms with Crippen molar-refractivity contribution in [1.82, 2.24) is 34.9 Å². The summed E-state index contributed by atoms with van der Waals surface area (Å²) in [5.41, 5.74) is -1.54. The number of aromatic nitrogens is 4. The molecule has 2 aliphatic carbocycles. The molecule has 278 valence electrons. The molecule has 3 aliphatic rings. The molecule has 0 radical (unpaired) electrons. The smallest absolute Gasteiger partial charge is 0.324 e. The Morgan fingerprint density at radius 3 is 2.35 bits per heavy atom. The zero-order valence-electron chi connectivity index (χ0n) is 29.5. The van der Waals surface area contributed by atoms with Gasteiger partial charge in [0.05, 0.1) is 33.1 Å². The third kappa shape index (κ3) is 7.37. The summed E-state index contributed by atoms with van der Waals surface area (Å²) in [5.74, 6) is -1.84. The highest BCUT2D eigenvalue weighted by Crippen LogP contribution is 2.45. The first-order valence-electron chi connectivity index (χ1n) is 16.8. The van der Waals surface area contributed by atoms with Crippen LogP contribution in [0.1, 0.15) is 39.5 Å². The number of sulfonamides is 1. The molecule has 0 spiro atoms. The van der Waals surface area contributed by atoms with Gasteiger partial charge in [-0.25, -0.2) is 13.4 Å². The van der Waals surface area contributed by atoms with E-state index in [4.69, 9.17) is 18.9 Å². The monoisotopic (exact) mass is 738 g/mol. The first-order chi connectivity index (χ1) is 24.8. The lowest BCUT2D eigenvalue weighted by molar-refractivity contribution is -0.140. The van der Waals surface area contributed by atoms with Crippen molar-refractivity contribution in [1.29, 1.82) is 0 Å². The number of hydrogen-bond acceptors (Lipinski definition) is 14. The molecule has 17 nitrogen and oxygen atoms in total. The Kier molecular flexibility index (Phi) is 10.1. The number of carbonyl (C=O) groups excluding carboxylic acids is 3. The van der Waals surface area contributed by atoms with E-state index >= 15 is 0 Å². The lowest BCUT2D eigenvalue weighted by atomic mass is 10.0. The SMILES string of the molecule is C=C[C@@H]1C[C@]1(NC(=O)[C@@H]1C[C@@H](Oc2nccc3cc(OC)ccc23)CN1C(=O)[C@@H](Nc1nc(OC)nc(OC)n1)C(C)C)C(=O)NS(=O)(=O)C1CC1. The van der Waals surface area contributed by atoms with Crippen LogP contribution in [0, 0.1) is 11.8 Å². The Labute approximate surface area is 300 Å². The number of methoxy groups -OCH3 is 3. The van der Waals surface area contributed by atoms with E-state index in [1.165, 1.54) is 25.2 Å². The lowest BCUT2D eigenvalue weighted by Crippen LogP contribution is -2.58. The van der Waals surface area contributed by atoms with Gasteiger partial charge in [0.15, 0.2) is 0 Å². The first-order valence-corrected chi connectivity index (χ1v) is 18.4. The zero-order valence-corrected chi connectivity index (χ0v) is 30.3. The van der Waals surface area contributed by atoms with Crippen LogP contribution in [-0.2, 0) is 24.4 Å². The van der Waals surface area contributed by atoms with Crippen molar-refractivity contribution in [3.8, 4) is 23.7 Å². The van der Waals surface area contributed by atoms with E-state index in [1.807, 2.05) is 32.0 Å². The molecule has 3 amide bonds. The minimum atomic E-state index is -3.89. The van der Waals surface area contributed by atoms with Crippen molar-refractivity contribution in [2.24, 2.45) is 11.8 Å². The molecular formula is C34H42N8O9S. The van der Waals surface area contributed by atoms with Crippen LogP contribution in [0.4, 0.5) is 5.95 Å². The van der Waals surface area contributed by atoms with E-state index in [0.717, 1.165) is 5.39 Å². The number of hydrogen-bond donors (Lipinski definition) is 3. The number of amides is 3. The summed E-state index contributed by atoms with van der Waals surface area (Å²) >= 11 is 0. The van der Waals surface area contributed by atoms with Gasteiger partial charge >= 0.3 is 12.0 Å². The van der Waals surface area contributed by atoms with Gasteiger partial charge in [-0.15, -0.1) is 11.6 Å². The molecular weight excluding hydrogens is 696 g/mol. The van der Waals surface area contributed by atoms with Crippen LogP contribution < -0.4 is 34.3 Å². The summed E-state index contributed by atoms with van der Waals surface area (Å²) in [6.45, 7) is 7.39. The molecule has 3 aromatic rings. The molecule has 1 aromatic carbocycles. The predicted molar refractivity (Wildman–Crippen MR) is 187 cm³/mol. The van der Waals surface area contributed by atoms with E-state index in [-0.39, 0.29) is 43.3 Å². The van der Waals surface area contributed by atoms with Gasteiger partial charge in [0, 0.05) is 23.9 Å². The molecule has 2 aromatic heterocycles. The van der Waals surface area contributed by atoms with Gasteiger partial charge < -0.3 is 34.5 Å². The quantitative estimate of drug-likeness (QED) is 0.189. The first kappa shape index (κ1) is 36.5. The van der Waals surface area contributed by atoms with Gasteiger partial charge in [0.2, 0.25) is 33.7 Å². The van der Waals surface area contributed by atoms with E-state index in [0.29, 0.717) is 29.9 Å². The summed E-state index contributed by atoms with van der Waals surface area (Å²) in [6.07, 6.45) is 3.51. The normalized spacial score (nSPS) is 23.0. The standard InChI is InChI=1S/C34H42N8O9S/c1-7-20-16-34(20,30(45)41-52(46,47)23-9-10-23)40-27(43)25-15-22(51-28-24-11-8-21(48-4)14-19(24)12-13-35-28)17-42(25)29(44)26(18(2)3)36-31-37-32(49-5)39-33(38-31)50-6/h7-8,11-14,18,20,22-23,25-26H,1,9-10,15-17H2,2-6H3,(H,40,43)(H,41,45)(H,36,37,38,39)/t20-,22-,25+,26+,34-/m1/s1. The Balaban J connectivity index is 1.30. The topological polar surface area (TPSA) is 213 Å². The third-order valence-corrected chi connectivity index (χ3v) is 11.3. The fourth-order valence-electron chi connectivity index (χ4n) is 6.32. The van der Waals surface area contributed by atoms with Crippen molar-refractivity contribution < 1.29 is 41.7 Å². The van der Waals surface area contributed by atoms with E-state index in [9.17, 15) is 22.8 Å². The average molecular weight is 739 g/mol. The van der Waals surface area contributed by atoms with Gasteiger partial charge in [-0.3, -0.25) is 19.1 Å². The number of rotatable bonds is 15. The molecule has 3 fully saturated rings. The highest BCUT2D eigenvalue weighted by atomic mass is 32.2. The highest BCUT2D eigenvalue weighted by molar-refractivity contribution is 7.91. The van der Waals surface area contributed by atoms with E-state index in [1.54, 1.807) is 19.4 Å². The molecule has 18 heteroatoms. The Morgan fingerprint density at radius 1 is 1.04 bits per heavy atom. The summed E-state index contributed by atoms with van der Waals surface area (Å²) in [4.78, 5) is 60.5. The van der Waals surface area contributed by atoms with Crippen molar-refractivity contribution >= 4 is 44.5 Å². The van der Waals surface area contributed by atoms with Crippen LogP contribution in [0.5, 0.6) is 23.7 Å². The predicted octanol–water partition coefficient (Wildman–Crippen LogP) is 1.60. The maximum absolute atomic E-state index is 14.5. The van der Waals surface area contributed by atoms with Crippen molar-refractivity contribution in [3.63, 3.8) is 0 Å². The maximum atomic E-state index is 14.5. The van der Waals surface area contributed by atoms with Gasteiger partial charge in [0.25, 0.3) is 5.91 Å². The van der Waals surface area contributed by atoms with Crippen molar-refractivity contribution in [3.05, 3.63) is 43.1 Å². The van der Waals surface area contributed by atoms with Crippen LogP contribution in [0.25, 0.3) is 10.8 Å². The molecule has 52 heavy (non-hydrogen) atoms. The molecule has 0 unspecified atom stereocenters. The molecule has 0 bridgehead atoms. The number of nitrogens with one attached hydrogen (secondary N) is 3. The number of fused-ring (bicyclic) bond motifs is 1. The minimum Gasteiger partial charge on any atom is -0.497 e. The number of nitrogens with zero attached hydrogens (tertiary/aromatic N) is 5. The number of anilines is 1. The lowest BCUT2D eigenvalue weighted by Gasteiger charge is -2.31. The Bertz CT molecular complexity index is 1970. The minimum absolute atomic E-state index is 0.0124. The molecule has 5 atom stereocenters. The highest BCUT2D eigenvalue weighted by Gasteiger charge is 2.62. The maximum Gasteiger partial charge on any atom is 0.324 e. The van der Waals surface area contributed by atoms with Crippen LogP contribution >= 0.6 is 0 Å². The molecule has 2 saturated carbocycles. The van der Waals surface area contributed by atoms with Gasteiger partial charge in [-0.05, 0) is 54.8 Å². The summed E-state index contributed by atoms with van der Waals surface area (Å²) in [6, 6.07) is 5.11. The van der Waals surface area contributed by atoms with Crippen molar-refractivity contribution in [2.75, 3.05) is 33.2 Å². The zero-order chi connectivity index (χ0) is 37.4. The molecule has 6 rings (SSSR count). The second kappa shape index (κ2) is 14.4.